The summed E-state index contributed by atoms with van der Waals surface area (Å²) in [6, 6.07) is 11.8. The number of likely N-dealkylation sites (tertiary alicyclic amines) is 1. The molecule has 1 saturated heterocycles. The normalized spacial score (nSPS) is 21.8. The lowest BCUT2D eigenvalue weighted by atomic mass is 9.82. The average Bonchev–Trinajstić information content (AvgIpc) is 3.38. The number of amides is 1. The molecule has 0 spiro atoms. The van der Waals surface area contributed by atoms with E-state index in [9.17, 15) is 14.7 Å². The number of fused-ring (bicyclic) bond motifs is 1. The van der Waals surface area contributed by atoms with Crippen molar-refractivity contribution in [3.05, 3.63) is 53.6 Å². The Balaban J connectivity index is 1.72. The first-order valence-electron chi connectivity index (χ1n) is 10.7. The predicted molar refractivity (Wildman–Crippen MR) is 115 cm³/mol. The third-order valence-corrected chi connectivity index (χ3v) is 5.97. The van der Waals surface area contributed by atoms with Crippen LogP contribution in [0.1, 0.15) is 36.4 Å². The molecule has 0 unspecified atom stereocenters. The molecule has 2 aliphatic rings. The van der Waals surface area contributed by atoms with Crippen LogP contribution in [-0.2, 0) is 14.3 Å². The molecule has 1 N–H and O–H groups in total. The number of rotatable bonds is 9. The second kappa shape index (κ2) is 9.48. The van der Waals surface area contributed by atoms with Crippen molar-refractivity contribution in [3.63, 3.8) is 0 Å². The number of ether oxygens (including phenoxy) is 4. The van der Waals surface area contributed by atoms with Crippen molar-refractivity contribution in [2.24, 2.45) is 5.92 Å². The van der Waals surface area contributed by atoms with E-state index in [0.717, 1.165) is 5.56 Å². The van der Waals surface area contributed by atoms with Gasteiger partial charge in [0.25, 0.3) is 0 Å². The van der Waals surface area contributed by atoms with Gasteiger partial charge in [-0.3, -0.25) is 9.59 Å². The molecule has 0 aromatic heterocycles. The first-order chi connectivity index (χ1) is 15.5. The SMILES string of the molecule is CCOCCCN1C(=O)[C@H](c2ccc3c(c2)OCO3)[C@H](C(=O)O)[C@H]1c1ccc(OC)cc1. The van der Waals surface area contributed by atoms with Gasteiger partial charge in [-0.15, -0.1) is 0 Å². The van der Waals surface area contributed by atoms with Crippen molar-refractivity contribution in [1.29, 1.82) is 0 Å². The number of methoxy groups -OCH3 is 1. The molecule has 1 fully saturated rings. The molecular formula is C24H27NO7. The van der Waals surface area contributed by atoms with Crippen LogP contribution in [0.3, 0.4) is 0 Å². The summed E-state index contributed by atoms with van der Waals surface area (Å²) in [7, 11) is 1.57. The molecule has 8 heteroatoms. The molecule has 2 aromatic rings. The zero-order valence-corrected chi connectivity index (χ0v) is 18.2. The maximum atomic E-state index is 13.6. The topological polar surface area (TPSA) is 94.5 Å². The second-order valence-electron chi connectivity index (χ2n) is 7.75. The van der Waals surface area contributed by atoms with E-state index in [1.165, 1.54) is 0 Å². The summed E-state index contributed by atoms with van der Waals surface area (Å²) < 4.78 is 21.5. The zero-order chi connectivity index (χ0) is 22.7. The summed E-state index contributed by atoms with van der Waals surface area (Å²) >= 11 is 0. The summed E-state index contributed by atoms with van der Waals surface area (Å²) in [6.07, 6.45) is 0.617. The molecule has 2 aromatic carbocycles. The predicted octanol–water partition coefficient (Wildman–Crippen LogP) is 3.22. The van der Waals surface area contributed by atoms with Gasteiger partial charge in [0.2, 0.25) is 12.7 Å². The van der Waals surface area contributed by atoms with Gasteiger partial charge in [0, 0.05) is 19.8 Å². The number of aliphatic carboxylic acids is 1. The average molecular weight is 441 g/mol. The fourth-order valence-electron chi connectivity index (χ4n) is 4.50. The third kappa shape index (κ3) is 4.10. The van der Waals surface area contributed by atoms with E-state index < -0.39 is 23.8 Å². The molecule has 32 heavy (non-hydrogen) atoms. The van der Waals surface area contributed by atoms with E-state index in [1.807, 2.05) is 19.1 Å². The molecule has 8 nitrogen and oxygen atoms in total. The van der Waals surface area contributed by atoms with Gasteiger partial charge in [0.05, 0.1) is 25.0 Å². The van der Waals surface area contributed by atoms with Crippen molar-refractivity contribution in [1.82, 2.24) is 4.90 Å². The molecule has 0 radical (unpaired) electrons. The van der Waals surface area contributed by atoms with E-state index in [0.29, 0.717) is 49.0 Å². The number of carbonyl (C=O) groups is 2. The number of carbonyl (C=O) groups excluding carboxylic acids is 1. The summed E-state index contributed by atoms with van der Waals surface area (Å²) in [5, 5.41) is 10.2. The molecule has 2 heterocycles. The highest BCUT2D eigenvalue weighted by Gasteiger charge is 2.52. The molecule has 4 rings (SSSR count). The van der Waals surface area contributed by atoms with Crippen LogP contribution in [0.5, 0.6) is 17.2 Å². The maximum absolute atomic E-state index is 13.6. The molecule has 0 saturated carbocycles. The van der Waals surface area contributed by atoms with Gasteiger partial charge in [-0.25, -0.2) is 0 Å². The van der Waals surface area contributed by atoms with Crippen molar-refractivity contribution in [2.45, 2.75) is 25.3 Å². The van der Waals surface area contributed by atoms with Crippen LogP contribution < -0.4 is 14.2 Å². The zero-order valence-electron chi connectivity index (χ0n) is 18.2. The highest BCUT2D eigenvalue weighted by molar-refractivity contribution is 5.94. The monoisotopic (exact) mass is 441 g/mol. The summed E-state index contributed by atoms with van der Waals surface area (Å²) in [4.78, 5) is 27.8. The highest BCUT2D eigenvalue weighted by Crippen LogP contribution is 2.48. The maximum Gasteiger partial charge on any atom is 0.310 e. The van der Waals surface area contributed by atoms with Crippen molar-refractivity contribution in [3.8, 4) is 17.2 Å². The number of nitrogens with zero attached hydrogens (tertiary/aromatic N) is 1. The molecule has 0 bridgehead atoms. The van der Waals surface area contributed by atoms with Crippen LogP contribution in [-0.4, -0.2) is 55.5 Å². The lowest BCUT2D eigenvalue weighted by Crippen LogP contribution is -2.32. The smallest absolute Gasteiger partial charge is 0.310 e. The molecule has 1 amide bonds. The summed E-state index contributed by atoms with van der Waals surface area (Å²) in [5.74, 6) is -1.24. The fourth-order valence-corrected chi connectivity index (χ4v) is 4.50. The second-order valence-corrected chi connectivity index (χ2v) is 7.75. The van der Waals surface area contributed by atoms with Gasteiger partial charge in [0.15, 0.2) is 11.5 Å². The van der Waals surface area contributed by atoms with E-state index in [1.54, 1.807) is 42.3 Å². The Bertz CT molecular complexity index is 975. The van der Waals surface area contributed by atoms with Crippen molar-refractivity contribution < 1.29 is 33.6 Å². The Kier molecular flexibility index (Phi) is 6.50. The molecule has 3 atom stereocenters. The molecular weight excluding hydrogens is 414 g/mol. The number of carboxylic acids is 1. The van der Waals surface area contributed by atoms with E-state index in [2.05, 4.69) is 0 Å². The number of hydrogen-bond acceptors (Lipinski definition) is 6. The Morgan fingerprint density at radius 3 is 2.53 bits per heavy atom. The van der Waals surface area contributed by atoms with Gasteiger partial charge in [-0.05, 0) is 48.7 Å². The minimum absolute atomic E-state index is 0.109. The van der Waals surface area contributed by atoms with Gasteiger partial charge in [-0.1, -0.05) is 18.2 Å². The van der Waals surface area contributed by atoms with E-state index in [4.69, 9.17) is 18.9 Å². The summed E-state index contributed by atoms with van der Waals surface area (Å²) in [5.41, 5.74) is 1.36. The summed E-state index contributed by atoms with van der Waals surface area (Å²) in [6.45, 7) is 3.52. The van der Waals surface area contributed by atoms with Crippen molar-refractivity contribution >= 4 is 11.9 Å². The largest absolute Gasteiger partial charge is 0.497 e. The van der Waals surface area contributed by atoms with Crippen LogP contribution in [0.4, 0.5) is 0 Å². The van der Waals surface area contributed by atoms with Gasteiger partial charge >= 0.3 is 5.97 Å². The third-order valence-electron chi connectivity index (χ3n) is 5.97. The Morgan fingerprint density at radius 2 is 1.84 bits per heavy atom. The van der Waals surface area contributed by atoms with Crippen LogP contribution >= 0.6 is 0 Å². The van der Waals surface area contributed by atoms with Crippen LogP contribution in [0.2, 0.25) is 0 Å². The van der Waals surface area contributed by atoms with E-state index in [-0.39, 0.29) is 12.7 Å². The van der Waals surface area contributed by atoms with Crippen LogP contribution in [0.15, 0.2) is 42.5 Å². The number of benzene rings is 2. The fraction of sp³-hybridized carbons (Fsp3) is 0.417. The van der Waals surface area contributed by atoms with Gasteiger partial charge < -0.3 is 29.0 Å². The standard InChI is InChI=1S/C24H27NO7/c1-3-30-12-4-11-25-22(15-5-8-17(29-2)9-6-15)21(24(27)28)20(23(25)26)16-7-10-18-19(13-16)32-14-31-18/h5-10,13,20-22H,3-4,11-12,14H2,1-2H3,(H,27,28)/t20-,21+,22-/m1/s1. The van der Waals surface area contributed by atoms with Gasteiger partial charge in [-0.2, -0.15) is 0 Å². The lowest BCUT2D eigenvalue weighted by Gasteiger charge is -2.27. The molecule has 170 valence electrons. The Hall–Kier alpha value is -3.26. The van der Waals surface area contributed by atoms with Crippen LogP contribution in [0.25, 0.3) is 0 Å². The van der Waals surface area contributed by atoms with Gasteiger partial charge in [0.1, 0.15) is 5.75 Å². The first kappa shape index (κ1) is 22.0. The number of hydrogen-bond donors (Lipinski definition) is 1. The Labute approximate surface area is 186 Å². The first-order valence-corrected chi connectivity index (χ1v) is 10.7. The lowest BCUT2D eigenvalue weighted by molar-refractivity contribution is -0.143. The van der Waals surface area contributed by atoms with Crippen LogP contribution in [0, 0.1) is 5.92 Å². The minimum atomic E-state index is -1.02. The minimum Gasteiger partial charge on any atom is -0.497 e. The van der Waals surface area contributed by atoms with Crippen molar-refractivity contribution in [2.75, 3.05) is 33.7 Å². The number of carboxylic acid groups (broad SMARTS) is 1. The molecule has 0 aliphatic carbocycles. The highest BCUT2D eigenvalue weighted by atomic mass is 16.7. The van der Waals surface area contributed by atoms with E-state index >= 15 is 0 Å². The quantitative estimate of drug-likeness (QED) is 0.597. The molecule has 2 aliphatic heterocycles. The Morgan fingerprint density at radius 1 is 1.12 bits per heavy atom.